The van der Waals surface area contributed by atoms with E-state index < -0.39 is 0 Å². The molecular formula is C101H95N3. The van der Waals surface area contributed by atoms with Gasteiger partial charge in [0.05, 0.1) is 45.2 Å². The molecule has 13 aromatic carbocycles. The Bertz CT molecular complexity index is 5480. The summed E-state index contributed by atoms with van der Waals surface area (Å²) in [6, 6.07) is 109. The van der Waals surface area contributed by atoms with E-state index in [1.54, 1.807) is 0 Å². The molecule has 0 N–H and O–H groups in total. The summed E-state index contributed by atoms with van der Waals surface area (Å²) in [5, 5.41) is 2.54. The van der Waals surface area contributed by atoms with Gasteiger partial charge in [0.2, 0.25) is 0 Å². The third-order valence-corrected chi connectivity index (χ3v) is 22.9. The van der Waals surface area contributed by atoms with Gasteiger partial charge in [-0.1, -0.05) is 304 Å². The molecule has 104 heavy (non-hydrogen) atoms. The van der Waals surface area contributed by atoms with E-state index in [2.05, 4.69) is 397 Å². The largest absolute Gasteiger partial charge is 0.309 e. The van der Waals surface area contributed by atoms with E-state index >= 15 is 0 Å². The fourth-order valence-corrected chi connectivity index (χ4v) is 17.1. The zero-order valence-corrected chi connectivity index (χ0v) is 63.3. The Kier molecular flexibility index (Phi) is 15.6. The van der Waals surface area contributed by atoms with Crippen molar-refractivity contribution in [2.45, 2.75) is 149 Å². The van der Waals surface area contributed by atoms with Crippen molar-refractivity contribution < 1.29 is 0 Å². The molecule has 14 aromatic rings. The van der Waals surface area contributed by atoms with E-state index in [0.717, 1.165) is 29.2 Å². The van der Waals surface area contributed by atoms with Gasteiger partial charge in [0.15, 0.2) is 0 Å². The highest BCUT2D eigenvalue weighted by molar-refractivity contribution is 6.11. The van der Waals surface area contributed by atoms with Crippen molar-refractivity contribution in [2.75, 3.05) is 9.80 Å². The lowest BCUT2D eigenvalue weighted by Crippen LogP contribution is -2.31. The lowest BCUT2D eigenvalue weighted by molar-refractivity contribution is 0.589. The van der Waals surface area contributed by atoms with Crippen LogP contribution in [0.2, 0.25) is 0 Å². The lowest BCUT2D eigenvalue weighted by atomic mass is 9.70. The first-order valence-electron chi connectivity index (χ1n) is 37.7. The molecule has 17 rings (SSSR count). The Morgan fingerprint density at radius 3 is 1.05 bits per heavy atom. The predicted octanol–water partition coefficient (Wildman–Crippen LogP) is 27.8. The summed E-state index contributed by atoms with van der Waals surface area (Å²) in [7, 11) is 0. The van der Waals surface area contributed by atoms with Crippen LogP contribution in [0.1, 0.15) is 188 Å². The van der Waals surface area contributed by atoms with Crippen LogP contribution in [0.15, 0.2) is 279 Å². The van der Waals surface area contributed by atoms with Crippen molar-refractivity contribution in [1.82, 2.24) is 4.57 Å². The van der Waals surface area contributed by atoms with Crippen molar-refractivity contribution in [1.29, 1.82) is 0 Å². The van der Waals surface area contributed by atoms with Gasteiger partial charge in [-0.25, -0.2) is 0 Å². The maximum Gasteiger partial charge on any atom is 0.0618 e. The number of benzene rings is 13. The normalized spacial score (nSPS) is 14.5. The van der Waals surface area contributed by atoms with Gasteiger partial charge < -0.3 is 14.4 Å². The van der Waals surface area contributed by atoms with Gasteiger partial charge in [0.25, 0.3) is 0 Å². The Morgan fingerprint density at radius 1 is 0.269 bits per heavy atom. The van der Waals surface area contributed by atoms with Crippen LogP contribution in [0.25, 0.3) is 72.0 Å². The summed E-state index contributed by atoms with van der Waals surface area (Å²) in [5.74, 6) is -0.234. The van der Waals surface area contributed by atoms with Gasteiger partial charge in [-0.05, 0) is 201 Å². The number of rotatable bonds is 8. The summed E-state index contributed by atoms with van der Waals surface area (Å²) in [6.07, 6.45) is 0.909. The molecule has 1 atom stereocenters. The molecule has 0 saturated heterocycles. The molecule has 0 spiro atoms. The molecule has 1 unspecified atom stereocenters. The Morgan fingerprint density at radius 2 is 0.644 bits per heavy atom. The molecule has 3 nitrogen and oxygen atoms in total. The van der Waals surface area contributed by atoms with E-state index in [-0.39, 0.29) is 38.9 Å². The summed E-state index contributed by atoms with van der Waals surface area (Å²) >= 11 is 0. The topological polar surface area (TPSA) is 11.4 Å². The average Bonchev–Trinajstić information content (AvgIpc) is 0.743. The highest BCUT2D eigenvalue weighted by Crippen LogP contribution is 2.65. The van der Waals surface area contributed by atoms with Gasteiger partial charge in [-0.15, -0.1) is 0 Å². The van der Waals surface area contributed by atoms with E-state index in [1.165, 1.54) is 156 Å². The number of anilines is 6. The second kappa shape index (κ2) is 24.5. The van der Waals surface area contributed by atoms with Crippen molar-refractivity contribution in [3.63, 3.8) is 0 Å². The number of hydrogen-bond acceptors (Lipinski definition) is 2. The van der Waals surface area contributed by atoms with Gasteiger partial charge >= 0.3 is 0 Å². The molecule has 0 saturated carbocycles. The smallest absolute Gasteiger partial charge is 0.0618 e. The number of nitrogens with zero attached hydrogens (tertiary/aromatic N) is 3. The Hall–Kier alpha value is -10.7. The zero-order chi connectivity index (χ0) is 72.1. The standard InChI is InChI=1S/C101H95N3/c1-97(2,3)70-45-50-86-83(54-70)84-55-71(98(4,5)6)46-51-87(84)102(86)75-47-48-78-89(62-75)104(96-81(65-36-24-18-25-37-65)58-73(100(10,11)12)59-82(96)66-38-26-19-27-39-66)91-61-74(101(13,14)15)60-90-94(91)93(78)85-53-69(92-76-42-30-28-40-67(76)52-68-41-29-31-43-77(68)92)44-49-88(85)103(90)95-79(63-32-20-16-21-33-63)56-72(99(7,8)9)57-80(95)64-34-22-17-23-35-64/h16-51,53-62,92-93H,52H2,1-15H3. The molecule has 0 bridgehead atoms. The SMILES string of the molecule is CC(C)(C)c1cc(-c2ccccc2)c(N2c3ccc(C4c5ccccc5Cc5ccccc54)cc3C3c4ccc(-n5c6ccc(C(C)(C)C)cc6c6cc(C(C)(C)C)ccc65)cc4N(c4c(-c5ccccc5)cc(C(C)(C)C)cc4-c4ccccc4)c4cc(C(C)(C)C)cc2c43)c(-c2ccccc2)c1. The quantitative estimate of drug-likeness (QED) is 0.150. The summed E-state index contributed by atoms with van der Waals surface area (Å²) < 4.78 is 2.58. The van der Waals surface area contributed by atoms with Crippen LogP contribution in [0, 0.1) is 0 Å². The molecule has 514 valence electrons. The van der Waals surface area contributed by atoms with Crippen molar-refractivity contribution >= 4 is 55.9 Å². The fraction of sp³-hybridized carbons (Fsp3) is 0.228. The number of aromatic nitrogens is 1. The lowest BCUT2D eigenvalue weighted by Gasteiger charge is -2.47. The third-order valence-electron chi connectivity index (χ3n) is 22.9. The fourth-order valence-electron chi connectivity index (χ4n) is 17.1. The van der Waals surface area contributed by atoms with Crippen LogP contribution in [-0.4, -0.2) is 4.57 Å². The van der Waals surface area contributed by atoms with Crippen LogP contribution < -0.4 is 9.80 Å². The first-order valence-corrected chi connectivity index (χ1v) is 37.7. The van der Waals surface area contributed by atoms with Crippen molar-refractivity contribution in [3.8, 4) is 50.2 Å². The summed E-state index contributed by atoms with van der Waals surface area (Å²) in [6.45, 7) is 35.5. The highest BCUT2D eigenvalue weighted by atomic mass is 15.2. The molecule has 3 heterocycles. The van der Waals surface area contributed by atoms with E-state index in [1.807, 2.05) is 0 Å². The van der Waals surface area contributed by atoms with E-state index in [0.29, 0.717) is 0 Å². The highest BCUT2D eigenvalue weighted by Gasteiger charge is 2.46. The Labute approximate surface area is 617 Å². The van der Waals surface area contributed by atoms with Crippen molar-refractivity contribution in [3.05, 3.63) is 351 Å². The predicted molar refractivity (Wildman–Crippen MR) is 443 cm³/mol. The van der Waals surface area contributed by atoms with Gasteiger partial charge in [0, 0.05) is 56.1 Å². The van der Waals surface area contributed by atoms with Crippen LogP contribution in [-0.2, 0) is 33.5 Å². The zero-order valence-electron chi connectivity index (χ0n) is 63.3. The number of fused-ring (bicyclic) bond motifs is 9. The average molecular weight is 1350 g/mol. The monoisotopic (exact) mass is 1350 g/mol. The molecule has 3 heteroatoms. The second-order valence-corrected chi connectivity index (χ2v) is 35.0. The number of hydrogen-bond donors (Lipinski definition) is 0. The molecule has 3 aliphatic rings. The maximum absolute atomic E-state index is 2.77. The minimum Gasteiger partial charge on any atom is -0.309 e. The molecule has 1 aliphatic carbocycles. The summed E-state index contributed by atoms with van der Waals surface area (Å²) in [5.41, 5.74) is 36.3. The Balaban J connectivity index is 1.07. The molecule has 0 radical (unpaired) electrons. The second-order valence-electron chi connectivity index (χ2n) is 35.0. The van der Waals surface area contributed by atoms with Crippen LogP contribution in [0.4, 0.5) is 34.1 Å². The van der Waals surface area contributed by atoms with Crippen LogP contribution >= 0.6 is 0 Å². The van der Waals surface area contributed by atoms with Crippen LogP contribution in [0.5, 0.6) is 0 Å². The minimum atomic E-state index is -0.311. The molecular weight excluding hydrogens is 1260 g/mol. The van der Waals surface area contributed by atoms with Gasteiger partial charge in [0.1, 0.15) is 0 Å². The first kappa shape index (κ1) is 66.5. The third kappa shape index (κ3) is 11.2. The van der Waals surface area contributed by atoms with Gasteiger partial charge in [-0.3, -0.25) is 0 Å². The van der Waals surface area contributed by atoms with Crippen molar-refractivity contribution in [2.24, 2.45) is 0 Å². The first-order chi connectivity index (χ1) is 49.8. The molecule has 1 aromatic heterocycles. The van der Waals surface area contributed by atoms with E-state index in [4.69, 9.17) is 0 Å². The molecule has 0 amide bonds. The van der Waals surface area contributed by atoms with Crippen LogP contribution in [0.3, 0.4) is 0 Å². The molecule has 2 aliphatic heterocycles. The molecule has 0 fully saturated rings. The maximum atomic E-state index is 2.77. The minimum absolute atomic E-state index is 0.00268. The van der Waals surface area contributed by atoms with E-state index in [9.17, 15) is 0 Å². The summed E-state index contributed by atoms with van der Waals surface area (Å²) in [4.78, 5) is 5.51. The van der Waals surface area contributed by atoms with Gasteiger partial charge in [-0.2, -0.15) is 0 Å².